The van der Waals surface area contributed by atoms with Gasteiger partial charge < -0.3 is 10.1 Å². The molecule has 0 unspecified atom stereocenters. The fourth-order valence-corrected chi connectivity index (χ4v) is 2.86. The van der Waals surface area contributed by atoms with Gasteiger partial charge in [-0.2, -0.15) is 0 Å². The Bertz CT molecular complexity index is 711. The summed E-state index contributed by atoms with van der Waals surface area (Å²) in [6, 6.07) is 17.3. The van der Waals surface area contributed by atoms with E-state index >= 15 is 0 Å². The molecule has 0 spiro atoms. The van der Waals surface area contributed by atoms with Crippen molar-refractivity contribution in [2.24, 2.45) is 0 Å². The topological polar surface area (TPSA) is 41.6 Å². The summed E-state index contributed by atoms with van der Waals surface area (Å²) in [6.07, 6.45) is 0. The van der Waals surface area contributed by atoms with E-state index < -0.39 is 0 Å². The lowest BCUT2D eigenvalue weighted by Crippen LogP contribution is -2.44. The molecular formula is C21H25ClN2O2. The van der Waals surface area contributed by atoms with Crippen molar-refractivity contribution in [3.05, 3.63) is 77.9 Å². The van der Waals surface area contributed by atoms with Crippen LogP contribution in [0.25, 0.3) is 0 Å². The van der Waals surface area contributed by atoms with Crippen LogP contribution in [0.4, 0.5) is 0 Å². The van der Waals surface area contributed by atoms with E-state index in [0.717, 1.165) is 37.5 Å². The van der Waals surface area contributed by atoms with Crippen LogP contribution in [0.1, 0.15) is 15.9 Å². The smallest absolute Gasteiger partial charge is 0.189 e. The first kappa shape index (κ1) is 20.2. The first-order valence-electron chi connectivity index (χ1n) is 8.65. The Morgan fingerprint density at radius 3 is 2.35 bits per heavy atom. The van der Waals surface area contributed by atoms with Crippen molar-refractivity contribution in [3.8, 4) is 5.75 Å². The van der Waals surface area contributed by atoms with Gasteiger partial charge in [-0.1, -0.05) is 36.9 Å². The highest BCUT2D eigenvalue weighted by molar-refractivity contribution is 6.08. The Morgan fingerprint density at radius 2 is 1.69 bits per heavy atom. The fraction of sp³-hybridized carbons (Fsp3) is 0.286. The number of halogens is 1. The number of carbonyl (C=O) groups is 1. The lowest BCUT2D eigenvalue weighted by Gasteiger charge is -2.27. The van der Waals surface area contributed by atoms with Crippen LogP contribution < -0.4 is 10.1 Å². The van der Waals surface area contributed by atoms with Crippen molar-refractivity contribution < 1.29 is 9.53 Å². The maximum absolute atomic E-state index is 12.5. The van der Waals surface area contributed by atoms with Gasteiger partial charge in [0.1, 0.15) is 12.4 Å². The third-order valence-electron chi connectivity index (χ3n) is 4.31. The van der Waals surface area contributed by atoms with Crippen LogP contribution >= 0.6 is 12.4 Å². The summed E-state index contributed by atoms with van der Waals surface area (Å²) in [6.45, 7) is 8.98. The molecule has 0 amide bonds. The highest BCUT2D eigenvalue weighted by Crippen LogP contribution is 2.16. The summed E-state index contributed by atoms with van der Waals surface area (Å²) in [4.78, 5) is 14.8. The largest absolute Gasteiger partial charge is 0.489 e. The number of nitrogens with one attached hydrogen (secondary N) is 1. The molecule has 3 rings (SSSR count). The average Bonchev–Trinajstić information content (AvgIpc) is 2.68. The fourth-order valence-electron chi connectivity index (χ4n) is 2.86. The summed E-state index contributed by atoms with van der Waals surface area (Å²) < 4.78 is 5.76. The van der Waals surface area contributed by atoms with Crippen LogP contribution in [0, 0.1) is 0 Å². The summed E-state index contributed by atoms with van der Waals surface area (Å²) in [5.41, 5.74) is 2.42. The van der Waals surface area contributed by atoms with Crippen molar-refractivity contribution in [1.82, 2.24) is 10.2 Å². The number of ketones is 1. The van der Waals surface area contributed by atoms with E-state index in [-0.39, 0.29) is 18.2 Å². The van der Waals surface area contributed by atoms with Crippen LogP contribution in [-0.2, 0) is 6.61 Å². The molecule has 2 aromatic rings. The normalized spacial score (nSPS) is 14.3. The van der Waals surface area contributed by atoms with Crippen LogP contribution in [0.2, 0.25) is 0 Å². The van der Waals surface area contributed by atoms with Crippen molar-refractivity contribution in [3.63, 3.8) is 0 Å². The number of hydrogen-bond acceptors (Lipinski definition) is 4. The number of nitrogens with zero attached hydrogens (tertiary/aromatic N) is 1. The average molecular weight is 373 g/mol. The van der Waals surface area contributed by atoms with Gasteiger partial charge in [-0.25, -0.2) is 0 Å². The van der Waals surface area contributed by atoms with E-state index in [1.54, 1.807) is 0 Å². The summed E-state index contributed by atoms with van der Waals surface area (Å²) in [5.74, 6) is 0.765. The minimum atomic E-state index is 0. The zero-order chi connectivity index (χ0) is 17.5. The van der Waals surface area contributed by atoms with E-state index in [0.29, 0.717) is 24.3 Å². The van der Waals surface area contributed by atoms with Crippen LogP contribution in [-0.4, -0.2) is 43.4 Å². The molecule has 26 heavy (non-hydrogen) atoms. The molecule has 1 N–H and O–H groups in total. The maximum atomic E-state index is 12.5. The second-order valence-electron chi connectivity index (χ2n) is 6.26. The molecule has 0 aromatic heterocycles. The van der Waals surface area contributed by atoms with Gasteiger partial charge in [0, 0.05) is 43.9 Å². The van der Waals surface area contributed by atoms with E-state index in [2.05, 4.69) is 16.8 Å². The SMILES string of the molecule is C=C(CN1CCNCC1)C(=O)c1ccc(OCc2ccccc2)cc1.Cl. The number of Topliss-reactive ketones (excluding diaryl/α,β-unsaturated/α-hetero) is 1. The summed E-state index contributed by atoms with van der Waals surface area (Å²) in [7, 11) is 0. The number of piperazine rings is 1. The quantitative estimate of drug-likeness (QED) is 0.598. The molecule has 0 saturated carbocycles. The van der Waals surface area contributed by atoms with Gasteiger partial charge in [0.15, 0.2) is 5.78 Å². The molecule has 1 saturated heterocycles. The van der Waals surface area contributed by atoms with Gasteiger partial charge in [0.05, 0.1) is 0 Å². The Morgan fingerprint density at radius 1 is 1.04 bits per heavy atom. The van der Waals surface area contributed by atoms with Crippen LogP contribution in [0.15, 0.2) is 66.7 Å². The van der Waals surface area contributed by atoms with Gasteiger partial charge >= 0.3 is 0 Å². The Labute approximate surface area is 161 Å². The van der Waals surface area contributed by atoms with E-state index in [1.807, 2.05) is 54.6 Å². The standard InChI is InChI=1S/C21H24N2O2.ClH/c1-17(15-23-13-11-22-12-14-23)21(24)19-7-9-20(10-8-19)25-16-18-5-3-2-4-6-18;/h2-10,22H,1,11-16H2;1H. The monoisotopic (exact) mass is 372 g/mol. The zero-order valence-corrected chi connectivity index (χ0v) is 15.6. The minimum absolute atomic E-state index is 0. The molecule has 0 radical (unpaired) electrons. The Balaban J connectivity index is 0.00000243. The number of ether oxygens (including phenoxy) is 1. The zero-order valence-electron chi connectivity index (χ0n) is 14.8. The number of hydrogen-bond donors (Lipinski definition) is 1. The van der Waals surface area contributed by atoms with Gasteiger partial charge in [-0.15, -0.1) is 12.4 Å². The minimum Gasteiger partial charge on any atom is -0.489 e. The van der Waals surface area contributed by atoms with Crippen molar-refractivity contribution in [2.75, 3.05) is 32.7 Å². The maximum Gasteiger partial charge on any atom is 0.189 e. The molecule has 1 aliphatic rings. The van der Waals surface area contributed by atoms with Gasteiger partial charge in [0.2, 0.25) is 0 Å². The van der Waals surface area contributed by atoms with Crippen LogP contribution in [0.3, 0.4) is 0 Å². The first-order valence-corrected chi connectivity index (χ1v) is 8.65. The molecule has 1 aliphatic heterocycles. The molecule has 1 heterocycles. The predicted octanol–water partition coefficient (Wildman–Crippen LogP) is 3.33. The third kappa shape index (κ3) is 5.70. The highest BCUT2D eigenvalue weighted by Gasteiger charge is 2.16. The molecule has 0 aliphatic carbocycles. The second kappa shape index (κ2) is 10.1. The van der Waals surface area contributed by atoms with E-state index in [9.17, 15) is 4.79 Å². The second-order valence-corrected chi connectivity index (χ2v) is 6.26. The third-order valence-corrected chi connectivity index (χ3v) is 4.31. The molecule has 0 atom stereocenters. The molecule has 5 heteroatoms. The molecule has 2 aromatic carbocycles. The van der Waals surface area contributed by atoms with Crippen molar-refractivity contribution in [1.29, 1.82) is 0 Å². The number of carbonyl (C=O) groups excluding carboxylic acids is 1. The molecule has 1 fully saturated rings. The molecular weight excluding hydrogens is 348 g/mol. The van der Waals surface area contributed by atoms with E-state index in [1.165, 1.54) is 0 Å². The first-order chi connectivity index (χ1) is 12.2. The van der Waals surface area contributed by atoms with Crippen molar-refractivity contribution >= 4 is 18.2 Å². The van der Waals surface area contributed by atoms with Gasteiger partial charge in [-0.05, 0) is 29.8 Å². The van der Waals surface area contributed by atoms with Gasteiger partial charge in [-0.3, -0.25) is 9.69 Å². The Kier molecular flexibility index (Phi) is 7.85. The van der Waals surface area contributed by atoms with Crippen LogP contribution in [0.5, 0.6) is 5.75 Å². The van der Waals surface area contributed by atoms with Gasteiger partial charge in [0.25, 0.3) is 0 Å². The number of rotatable bonds is 7. The van der Waals surface area contributed by atoms with Crippen molar-refractivity contribution in [2.45, 2.75) is 6.61 Å². The molecule has 138 valence electrons. The predicted molar refractivity (Wildman–Crippen MR) is 107 cm³/mol. The summed E-state index contributed by atoms with van der Waals surface area (Å²) >= 11 is 0. The number of benzene rings is 2. The summed E-state index contributed by atoms with van der Waals surface area (Å²) in [5, 5.41) is 3.31. The lowest BCUT2D eigenvalue weighted by molar-refractivity contribution is 0.102. The molecule has 4 nitrogen and oxygen atoms in total. The van der Waals surface area contributed by atoms with E-state index in [4.69, 9.17) is 4.74 Å². The highest BCUT2D eigenvalue weighted by atomic mass is 35.5. The lowest BCUT2D eigenvalue weighted by atomic mass is 10.0. The Hall–Kier alpha value is -2.14. The molecule has 0 bridgehead atoms.